The molecule has 0 saturated heterocycles. The molecule has 0 amide bonds. The Morgan fingerprint density at radius 2 is 1.68 bits per heavy atom. The first-order valence-corrected chi connectivity index (χ1v) is 9.84. The zero-order valence-corrected chi connectivity index (χ0v) is 17.8. The first kappa shape index (κ1) is 20.7. The van der Waals surface area contributed by atoms with Crippen molar-refractivity contribution >= 4 is 40.5 Å². The molecule has 0 radical (unpaired) electrons. The Kier molecular flexibility index (Phi) is 6.95. The number of hydrogen-bond acceptors (Lipinski definition) is 3. The van der Waals surface area contributed by atoms with E-state index in [0.717, 1.165) is 27.4 Å². The Balaban J connectivity index is 1.73. The van der Waals surface area contributed by atoms with Gasteiger partial charge in [-0.2, -0.15) is 0 Å². The number of anilines is 1. The normalized spacial score (nSPS) is 10.6. The highest BCUT2D eigenvalue weighted by Gasteiger charge is 2.13. The summed E-state index contributed by atoms with van der Waals surface area (Å²) in [5.41, 5.74) is 3.81. The number of ether oxygens (including phenoxy) is 2. The largest absolute Gasteiger partial charge is 0.493 e. The molecule has 0 aromatic heterocycles. The number of nitrogens with one attached hydrogen (secondary N) is 1. The van der Waals surface area contributed by atoms with Crippen LogP contribution in [0.5, 0.6) is 11.5 Å². The highest BCUT2D eigenvalue weighted by molar-refractivity contribution is 6.32. The summed E-state index contributed by atoms with van der Waals surface area (Å²) in [4.78, 5) is 0. The fraction of sp³-hybridized carbons (Fsp3) is 0.182. The third-order valence-corrected chi connectivity index (χ3v) is 5.34. The van der Waals surface area contributed by atoms with Gasteiger partial charge < -0.3 is 14.8 Å². The third kappa shape index (κ3) is 5.05. The van der Waals surface area contributed by atoms with Gasteiger partial charge in [-0.05, 0) is 48.4 Å². The van der Waals surface area contributed by atoms with Gasteiger partial charge in [0.1, 0.15) is 6.61 Å². The van der Waals surface area contributed by atoms with Crippen LogP contribution in [0.15, 0.2) is 54.6 Å². The molecule has 146 valence electrons. The summed E-state index contributed by atoms with van der Waals surface area (Å²) in [5, 5.41) is 5.19. The SMILES string of the molecule is COc1cc(CNc2ccc(C)c(Cl)c2)cc(Cl)c1OCc1ccccc1Cl. The van der Waals surface area contributed by atoms with Crippen LogP contribution < -0.4 is 14.8 Å². The van der Waals surface area contributed by atoms with Crippen molar-refractivity contribution in [1.29, 1.82) is 0 Å². The molecule has 1 N–H and O–H groups in total. The molecule has 0 spiro atoms. The molecule has 0 unspecified atom stereocenters. The number of hydrogen-bond donors (Lipinski definition) is 1. The first-order valence-electron chi connectivity index (χ1n) is 8.70. The predicted molar refractivity (Wildman–Crippen MR) is 117 cm³/mol. The molecule has 0 fully saturated rings. The Morgan fingerprint density at radius 3 is 2.39 bits per heavy atom. The van der Waals surface area contributed by atoms with E-state index in [-0.39, 0.29) is 0 Å². The van der Waals surface area contributed by atoms with Crippen LogP contribution in [0.3, 0.4) is 0 Å². The van der Waals surface area contributed by atoms with Crippen LogP contribution in [0.2, 0.25) is 15.1 Å². The molecule has 0 aliphatic carbocycles. The van der Waals surface area contributed by atoms with Crippen LogP contribution in [-0.4, -0.2) is 7.11 Å². The second kappa shape index (κ2) is 9.42. The van der Waals surface area contributed by atoms with E-state index in [0.29, 0.717) is 34.7 Å². The average molecular weight is 437 g/mol. The highest BCUT2D eigenvalue weighted by Crippen LogP contribution is 2.37. The monoisotopic (exact) mass is 435 g/mol. The molecule has 0 bridgehead atoms. The highest BCUT2D eigenvalue weighted by atomic mass is 35.5. The molecule has 3 aromatic rings. The van der Waals surface area contributed by atoms with Gasteiger partial charge in [-0.1, -0.05) is 59.1 Å². The van der Waals surface area contributed by atoms with Crippen molar-refractivity contribution < 1.29 is 9.47 Å². The molecule has 3 nitrogen and oxygen atoms in total. The Morgan fingerprint density at radius 1 is 0.893 bits per heavy atom. The van der Waals surface area contributed by atoms with Gasteiger partial charge >= 0.3 is 0 Å². The number of halogens is 3. The molecule has 6 heteroatoms. The summed E-state index contributed by atoms with van der Waals surface area (Å²) in [6.07, 6.45) is 0. The van der Waals surface area contributed by atoms with Crippen LogP contribution in [0, 0.1) is 6.92 Å². The van der Waals surface area contributed by atoms with Gasteiger partial charge in [0.05, 0.1) is 12.1 Å². The van der Waals surface area contributed by atoms with Crippen molar-refractivity contribution in [2.24, 2.45) is 0 Å². The van der Waals surface area contributed by atoms with Crippen LogP contribution in [0.1, 0.15) is 16.7 Å². The van der Waals surface area contributed by atoms with Gasteiger partial charge in [0.2, 0.25) is 0 Å². The smallest absolute Gasteiger partial charge is 0.180 e. The molecular weight excluding hydrogens is 417 g/mol. The average Bonchev–Trinajstić information content (AvgIpc) is 2.68. The predicted octanol–water partition coefficient (Wildman–Crippen LogP) is 7.15. The van der Waals surface area contributed by atoms with E-state index >= 15 is 0 Å². The van der Waals surface area contributed by atoms with Crippen molar-refractivity contribution in [3.63, 3.8) is 0 Å². The molecule has 3 aromatic carbocycles. The lowest BCUT2D eigenvalue weighted by Gasteiger charge is -2.15. The number of benzene rings is 3. The lowest BCUT2D eigenvalue weighted by Crippen LogP contribution is -2.03. The minimum atomic E-state index is 0.301. The molecule has 3 rings (SSSR count). The van der Waals surface area contributed by atoms with Crippen LogP contribution in [0.25, 0.3) is 0 Å². The third-order valence-electron chi connectivity index (χ3n) is 4.29. The Labute approximate surface area is 180 Å². The molecular formula is C22H20Cl3NO2. The van der Waals surface area contributed by atoms with Crippen LogP contribution in [-0.2, 0) is 13.2 Å². The van der Waals surface area contributed by atoms with Gasteiger partial charge in [0.15, 0.2) is 11.5 Å². The molecule has 28 heavy (non-hydrogen) atoms. The number of methoxy groups -OCH3 is 1. The van der Waals surface area contributed by atoms with Crippen molar-refractivity contribution in [3.8, 4) is 11.5 Å². The molecule has 0 saturated carbocycles. The van der Waals surface area contributed by atoms with Gasteiger partial charge in [0, 0.05) is 27.8 Å². The number of aryl methyl sites for hydroxylation is 1. The number of rotatable bonds is 7. The van der Waals surface area contributed by atoms with Gasteiger partial charge in [-0.3, -0.25) is 0 Å². The van der Waals surface area contributed by atoms with Gasteiger partial charge in [0.25, 0.3) is 0 Å². The molecule has 0 aliphatic rings. The van der Waals surface area contributed by atoms with Crippen molar-refractivity contribution in [1.82, 2.24) is 0 Å². The molecule has 0 heterocycles. The summed E-state index contributed by atoms with van der Waals surface area (Å²) >= 11 is 18.8. The van der Waals surface area contributed by atoms with E-state index in [9.17, 15) is 0 Å². The first-order chi connectivity index (χ1) is 13.5. The minimum absolute atomic E-state index is 0.301. The van der Waals surface area contributed by atoms with Crippen molar-refractivity contribution in [3.05, 3.63) is 86.4 Å². The second-order valence-electron chi connectivity index (χ2n) is 6.31. The van der Waals surface area contributed by atoms with Gasteiger partial charge in [-0.25, -0.2) is 0 Å². The summed E-state index contributed by atoms with van der Waals surface area (Å²) in [7, 11) is 1.59. The van der Waals surface area contributed by atoms with Crippen molar-refractivity contribution in [2.75, 3.05) is 12.4 Å². The fourth-order valence-electron chi connectivity index (χ4n) is 2.69. The maximum atomic E-state index is 6.46. The lowest BCUT2D eigenvalue weighted by molar-refractivity contribution is 0.284. The van der Waals surface area contributed by atoms with E-state index in [4.69, 9.17) is 44.3 Å². The summed E-state index contributed by atoms with van der Waals surface area (Å²) in [6, 6.07) is 17.1. The Bertz CT molecular complexity index is 976. The zero-order chi connectivity index (χ0) is 20.1. The van der Waals surface area contributed by atoms with E-state index in [1.54, 1.807) is 7.11 Å². The fourth-order valence-corrected chi connectivity index (χ4v) is 3.35. The molecule has 0 atom stereocenters. The maximum Gasteiger partial charge on any atom is 0.180 e. The second-order valence-corrected chi connectivity index (χ2v) is 7.53. The topological polar surface area (TPSA) is 30.5 Å². The van der Waals surface area contributed by atoms with Gasteiger partial charge in [-0.15, -0.1) is 0 Å². The lowest BCUT2D eigenvalue weighted by atomic mass is 10.1. The maximum absolute atomic E-state index is 6.46. The summed E-state index contributed by atoms with van der Waals surface area (Å²) < 4.78 is 11.4. The van der Waals surface area contributed by atoms with Crippen molar-refractivity contribution in [2.45, 2.75) is 20.1 Å². The van der Waals surface area contributed by atoms with Crippen LogP contribution >= 0.6 is 34.8 Å². The van der Waals surface area contributed by atoms with Crippen LogP contribution in [0.4, 0.5) is 5.69 Å². The standard InChI is InChI=1S/C22H20Cl3NO2/c1-14-7-8-17(11-19(14)24)26-12-15-9-20(25)22(21(10-15)27-2)28-13-16-5-3-4-6-18(16)23/h3-11,26H,12-13H2,1-2H3. The molecule has 0 aliphatic heterocycles. The summed E-state index contributed by atoms with van der Waals surface area (Å²) in [5.74, 6) is 1.06. The summed E-state index contributed by atoms with van der Waals surface area (Å²) in [6.45, 7) is 2.84. The van der Waals surface area contributed by atoms with E-state index in [1.165, 1.54) is 0 Å². The van der Waals surface area contributed by atoms with E-state index in [1.807, 2.05) is 61.5 Å². The van der Waals surface area contributed by atoms with E-state index in [2.05, 4.69) is 5.32 Å². The zero-order valence-electron chi connectivity index (χ0n) is 15.6. The van der Waals surface area contributed by atoms with E-state index < -0.39 is 0 Å². The quantitative estimate of drug-likeness (QED) is 0.426. The minimum Gasteiger partial charge on any atom is -0.493 e. The Hall–Kier alpha value is -2.07.